The van der Waals surface area contributed by atoms with Crippen LogP contribution >= 0.6 is 11.8 Å². The molecule has 0 amide bonds. The van der Waals surface area contributed by atoms with Crippen molar-refractivity contribution in [2.24, 2.45) is 4.99 Å². The van der Waals surface area contributed by atoms with Gasteiger partial charge >= 0.3 is 0 Å². The van der Waals surface area contributed by atoms with Crippen LogP contribution in [0.5, 0.6) is 23.0 Å². The molecular formula is C24H23NO4S. The van der Waals surface area contributed by atoms with Gasteiger partial charge in [-0.05, 0) is 42.0 Å². The fourth-order valence-corrected chi connectivity index (χ4v) is 4.78. The molecule has 0 aliphatic carbocycles. The minimum absolute atomic E-state index is 0.0423. The fourth-order valence-electron chi connectivity index (χ4n) is 3.57. The number of phenolic OH excluding ortho intramolecular Hbond substituents is 1. The maximum atomic E-state index is 10.4. The van der Waals surface area contributed by atoms with Crippen LogP contribution in [-0.4, -0.2) is 32.1 Å². The lowest BCUT2D eigenvalue weighted by atomic mass is 10.00. The lowest BCUT2D eigenvalue weighted by Crippen LogP contribution is -2.06. The molecule has 0 fully saturated rings. The Balaban J connectivity index is 1.84. The van der Waals surface area contributed by atoms with Crippen LogP contribution in [0.4, 0.5) is 5.69 Å². The highest BCUT2D eigenvalue weighted by molar-refractivity contribution is 7.99. The van der Waals surface area contributed by atoms with Crippen molar-refractivity contribution in [2.75, 3.05) is 21.3 Å². The third-order valence-corrected chi connectivity index (χ3v) is 6.36. The highest BCUT2D eigenvalue weighted by atomic mass is 32.2. The number of ether oxygens (including phenoxy) is 3. The standard InChI is InChI=1S/C24H23NO4S/c1-27-20-12-15(13-21(28-2)24(20)29-3)23-14-18(16-8-4-6-10-19(16)26)25-17-9-5-7-11-22(17)30-23/h4-13,23,26H,14H2,1-3H3/t23-/m0/s1. The van der Waals surface area contributed by atoms with E-state index >= 15 is 0 Å². The van der Waals surface area contributed by atoms with Gasteiger partial charge in [-0.15, -0.1) is 11.8 Å². The van der Waals surface area contributed by atoms with E-state index in [4.69, 9.17) is 19.2 Å². The summed E-state index contributed by atoms with van der Waals surface area (Å²) in [6.45, 7) is 0. The van der Waals surface area contributed by atoms with E-state index in [0.717, 1.165) is 27.4 Å². The van der Waals surface area contributed by atoms with Crippen LogP contribution in [0, 0.1) is 0 Å². The summed E-state index contributed by atoms with van der Waals surface area (Å²) in [6, 6.07) is 19.3. The van der Waals surface area contributed by atoms with Gasteiger partial charge in [0.1, 0.15) is 5.75 Å². The van der Waals surface area contributed by atoms with Gasteiger partial charge in [-0.3, -0.25) is 4.99 Å². The number of thioether (sulfide) groups is 1. The predicted octanol–water partition coefficient (Wildman–Crippen LogP) is 5.78. The van der Waals surface area contributed by atoms with Gasteiger partial charge in [-0.2, -0.15) is 0 Å². The predicted molar refractivity (Wildman–Crippen MR) is 120 cm³/mol. The van der Waals surface area contributed by atoms with Crippen molar-refractivity contribution in [3.05, 3.63) is 71.8 Å². The SMILES string of the molecule is COc1cc([C@@H]2CC(c3ccccc3O)=Nc3ccccc3S2)cc(OC)c1OC. The van der Waals surface area contributed by atoms with Gasteiger partial charge in [0, 0.05) is 22.1 Å². The maximum absolute atomic E-state index is 10.4. The second-order valence-electron chi connectivity index (χ2n) is 6.81. The number of fused-ring (bicyclic) bond motifs is 1. The minimum Gasteiger partial charge on any atom is -0.507 e. The molecule has 3 aromatic rings. The van der Waals surface area contributed by atoms with Crippen molar-refractivity contribution in [3.63, 3.8) is 0 Å². The average Bonchev–Trinajstić information content (AvgIpc) is 2.98. The number of methoxy groups -OCH3 is 3. The maximum Gasteiger partial charge on any atom is 0.203 e. The topological polar surface area (TPSA) is 60.3 Å². The number of para-hydroxylation sites is 2. The Morgan fingerprint density at radius 1 is 0.900 bits per heavy atom. The second-order valence-corrected chi connectivity index (χ2v) is 8.06. The van der Waals surface area contributed by atoms with Crippen LogP contribution in [0.2, 0.25) is 0 Å². The highest BCUT2D eigenvalue weighted by Gasteiger charge is 2.26. The normalized spacial score (nSPS) is 15.6. The van der Waals surface area contributed by atoms with Crippen LogP contribution in [0.15, 0.2) is 70.6 Å². The molecule has 1 aliphatic heterocycles. The summed E-state index contributed by atoms with van der Waals surface area (Å²) in [5.74, 6) is 2.03. The summed E-state index contributed by atoms with van der Waals surface area (Å²) in [4.78, 5) is 6.00. The van der Waals surface area contributed by atoms with Gasteiger partial charge in [0.05, 0.1) is 32.7 Å². The number of benzene rings is 3. The fraction of sp³-hybridized carbons (Fsp3) is 0.208. The molecule has 1 atom stereocenters. The summed E-state index contributed by atoms with van der Waals surface area (Å²) < 4.78 is 16.6. The first-order valence-corrected chi connectivity index (χ1v) is 10.4. The molecule has 0 saturated heterocycles. The summed E-state index contributed by atoms with van der Waals surface area (Å²) in [5, 5.41) is 10.5. The minimum atomic E-state index is 0.0423. The number of hydrogen-bond acceptors (Lipinski definition) is 6. The molecule has 0 saturated carbocycles. The summed E-state index contributed by atoms with van der Waals surface area (Å²) in [6.07, 6.45) is 0.634. The van der Waals surface area contributed by atoms with Crippen molar-refractivity contribution in [1.29, 1.82) is 0 Å². The molecule has 6 heteroatoms. The zero-order chi connectivity index (χ0) is 21.1. The molecule has 0 bridgehead atoms. The Kier molecular flexibility index (Phi) is 5.86. The average molecular weight is 422 g/mol. The quantitative estimate of drug-likeness (QED) is 0.566. The Morgan fingerprint density at radius 3 is 2.23 bits per heavy atom. The Labute approximate surface area is 180 Å². The van der Waals surface area contributed by atoms with E-state index in [0.29, 0.717) is 23.7 Å². The molecule has 0 unspecified atom stereocenters. The number of nitrogens with zero attached hydrogens (tertiary/aromatic N) is 1. The highest BCUT2D eigenvalue weighted by Crippen LogP contribution is 2.49. The van der Waals surface area contributed by atoms with Gasteiger partial charge in [0.15, 0.2) is 11.5 Å². The van der Waals surface area contributed by atoms with Gasteiger partial charge in [-0.25, -0.2) is 0 Å². The molecule has 30 heavy (non-hydrogen) atoms. The number of phenols is 1. The molecular weight excluding hydrogens is 398 g/mol. The van der Waals surface area contributed by atoms with Crippen molar-refractivity contribution in [2.45, 2.75) is 16.6 Å². The molecule has 3 aromatic carbocycles. The molecule has 1 heterocycles. The molecule has 0 aromatic heterocycles. The van der Waals surface area contributed by atoms with Crippen LogP contribution < -0.4 is 14.2 Å². The Morgan fingerprint density at radius 2 is 1.57 bits per heavy atom. The number of aromatic hydroxyl groups is 1. The van der Waals surface area contributed by atoms with Gasteiger partial charge < -0.3 is 19.3 Å². The van der Waals surface area contributed by atoms with E-state index in [1.54, 1.807) is 39.2 Å². The number of hydrogen-bond donors (Lipinski definition) is 1. The van der Waals surface area contributed by atoms with E-state index in [1.807, 2.05) is 48.5 Å². The van der Waals surface area contributed by atoms with Gasteiger partial charge in [0.25, 0.3) is 0 Å². The molecule has 0 spiro atoms. The summed E-state index contributed by atoms with van der Waals surface area (Å²) in [7, 11) is 4.83. The molecule has 0 radical (unpaired) electrons. The van der Waals surface area contributed by atoms with Crippen molar-refractivity contribution < 1.29 is 19.3 Å². The Hall–Kier alpha value is -3.12. The van der Waals surface area contributed by atoms with E-state index in [-0.39, 0.29) is 11.0 Å². The largest absolute Gasteiger partial charge is 0.507 e. The summed E-state index contributed by atoms with van der Waals surface area (Å²) in [5.41, 5.74) is 3.52. The smallest absolute Gasteiger partial charge is 0.203 e. The molecule has 4 rings (SSSR count). The second kappa shape index (κ2) is 8.71. The van der Waals surface area contributed by atoms with Crippen LogP contribution in [0.25, 0.3) is 0 Å². The lowest BCUT2D eigenvalue weighted by Gasteiger charge is -2.20. The first-order chi connectivity index (χ1) is 14.6. The monoisotopic (exact) mass is 421 g/mol. The van der Waals surface area contributed by atoms with Crippen LogP contribution in [0.1, 0.15) is 22.8 Å². The van der Waals surface area contributed by atoms with E-state index < -0.39 is 0 Å². The van der Waals surface area contributed by atoms with E-state index in [1.165, 1.54) is 0 Å². The van der Waals surface area contributed by atoms with Crippen molar-refractivity contribution in [3.8, 4) is 23.0 Å². The van der Waals surface area contributed by atoms with Crippen molar-refractivity contribution in [1.82, 2.24) is 0 Å². The third kappa shape index (κ3) is 3.83. The first kappa shape index (κ1) is 20.2. The zero-order valence-electron chi connectivity index (χ0n) is 17.1. The molecule has 5 nitrogen and oxygen atoms in total. The lowest BCUT2D eigenvalue weighted by molar-refractivity contribution is 0.324. The molecule has 1 N–H and O–H groups in total. The summed E-state index contributed by atoms with van der Waals surface area (Å²) >= 11 is 1.74. The van der Waals surface area contributed by atoms with Crippen molar-refractivity contribution >= 4 is 23.2 Å². The third-order valence-electron chi connectivity index (χ3n) is 5.04. The number of aliphatic imine (C=N–C) groups is 1. The van der Waals surface area contributed by atoms with Crippen LogP contribution in [-0.2, 0) is 0 Å². The van der Waals surface area contributed by atoms with Gasteiger partial charge in [-0.1, -0.05) is 24.3 Å². The zero-order valence-corrected chi connectivity index (χ0v) is 17.9. The van der Waals surface area contributed by atoms with E-state index in [2.05, 4.69) is 6.07 Å². The van der Waals surface area contributed by atoms with E-state index in [9.17, 15) is 5.11 Å². The Bertz CT molecular complexity index is 1070. The molecule has 154 valence electrons. The number of rotatable bonds is 5. The first-order valence-electron chi connectivity index (χ1n) is 9.56. The van der Waals surface area contributed by atoms with Crippen LogP contribution in [0.3, 0.4) is 0 Å². The molecule has 1 aliphatic rings. The van der Waals surface area contributed by atoms with Gasteiger partial charge in [0.2, 0.25) is 5.75 Å².